The highest BCUT2D eigenvalue weighted by Crippen LogP contribution is 2.42. The third-order valence-electron chi connectivity index (χ3n) is 5.19. The molecule has 2 aliphatic rings. The van der Waals surface area contributed by atoms with Crippen molar-refractivity contribution in [3.63, 3.8) is 0 Å². The fourth-order valence-electron chi connectivity index (χ4n) is 3.61. The molecule has 1 aliphatic carbocycles. The Morgan fingerprint density at radius 2 is 2.10 bits per heavy atom. The number of likely N-dealkylation sites (N-methyl/N-ethyl adjacent to an activating group) is 1. The predicted octanol–water partition coefficient (Wildman–Crippen LogP) is 2.28. The Labute approximate surface area is 126 Å². The van der Waals surface area contributed by atoms with Gasteiger partial charge in [0.1, 0.15) is 5.54 Å². The molecule has 21 heavy (non-hydrogen) atoms. The normalized spacial score (nSPS) is 24.3. The molecule has 0 spiro atoms. The zero-order valence-corrected chi connectivity index (χ0v) is 12.8. The molecule has 4 nitrogen and oxygen atoms in total. The lowest BCUT2D eigenvalue weighted by atomic mass is 9.89. The van der Waals surface area contributed by atoms with E-state index in [2.05, 4.69) is 35.3 Å². The first-order valence-electron chi connectivity index (χ1n) is 7.85. The average molecular weight is 288 g/mol. The number of carbonyl (C=O) groups is 1. The van der Waals surface area contributed by atoms with Crippen molar-refractivity contribution in [1.82, 2.24) is 5.32 Å². The lowest BCUT2D eigenvalue weighted by Gasteiger charge is -2.43. The van der Waals surface area contributed by atoms with Crippen LogP contribution in [0.2, 0.25) is 0 Å². The van der Waals surface area contributed by atoms with Crippen molar-refractivity contribution >= 4 is 11.7 Å². The zero-order valence-electron chi connectivity index (χ0n) is 12.8. The zero-order chi connectivity index (χ0) is 15.0. The fourth-order valence-corrected chi connectivity index (χ4v) is 3.61. The van der Waals surface area contributed by atoms with Crippen LogP contribution >= 0.6 is 0 Å². The van der Waals surface area contributed by atoms with Crippen LogP contribution in [0.3, 0.4) is 0 Å². The summed E-state index contributed by atoms with van der Waals surface area (Å²) in [6, 6.07) is 8.78. The Morgan fingerprint density at radius 3 is 2.71 bits per heavy atom. The number of hydrogen-bond donors (Lipinski definition) is 2. The first-order chi connectivity index (χ1) is 10.1. The van der Waals surface area contributed by atoms with Crippen LogP contribution in [0.5, 0.6) is 0 Å². The number of aliphatic carboxylic acids is 1. The predicted molar refractivity (Wildman–Crippen MR) is 83.7 cm³/mol. The molecule has 114 valence electrons. The van der Waals surface area contributed by atoms with E-state index < -0.39 is 11.5 Å². The minimum atomic E-state index is -0.821. The first-order valence-corrected chi connectivity index (χ1v) is 7.85. The molecule has 3 rings (SSSR count). The summed E-state index contributed by atoms with van der Waals surface area (Å²) in [5.41, 5.74) is 1.72. The van der Waals surface area contributed by atoms with E-state index in [0.717, 1.165) is 25.7 Å². The summed E-state index contributed by atoms with van der Waals surface area (Å²) in [6.07, 6.45) is 4.19. The summed E-state index contributed by atoms with van der Waals surface area (Å²) in [5, 5.41) is 12.9. The Balaban J connectivity index is 1.94. The van der Waals surface area contributed by atoms with E-state index in [1.807, 2.05) is 6.07 Å². The highest BCUT2D eigenvalue weighted by molar-refractivity contribution is 5.81. The maximum absolute atomic E-state index is 11.9. The van der Waals surface area contributed by atoms with Gasteiger partial charge in [0.15, 0.2) is 0 Å². The Bertz CT molecular complexity index is 541. The molecule has 1 aliphatic heterocycles. The number of rotatable bonds is 5. The second-order valence-corrected chi connectivity index (χ2v) is 6.45. The molecule has 0 aromatic heterocycles. The fraction of sp³-hybridized carbons (Fsp3) is 0.588. The lowest BCUT2D eigenvalue weighted by Crippen LogP contribution is -2.61. The van der Waals surface area contributed by atoms with Gasteiger partial charge in [0.2, 0.25) is 0 Å². The minimum absolute atomic E-state index is 0.251. The summed E-state index contributed by atoms with van der Waals surface area (Å²) < 4.78 is 0. The van der Waals surface area contributed by atoms with Crippen LogP contribution in [-0.2, 0) is 11.2 Å². The van der Waals surface area contributed by atoms with Crippen molar-refractivity contribution in [3.8, 4) is 0 Å². The van der Waals surface area contributed by atoms with Crippen molar-refractivity contribution in [2.75, 3.05) is 18.5 Å². The van der Waals surface area contributed by atoms with Gasteiger partial charge in [0, 0.05) is 18.3 Å². The number of fused-ring (bicyclic) bond motifs is 1. The molecule has 4 heteroatoms. The summed E-state index contributed by atoms with van der Waals surface area (Å²) >= 11 is 0. The third kappa shape index (κ3) is 2.42. The maximum Gasteiger partial charge on any atom is 0.326 e. The molecule has 0 radical (unpaired) electrons. The molecule has 0 bridgehead atoms. The van der Waals surface area contributed by atoms with Crippen LogP contribution in [0, 0.1) is 5.92 Å². The summed E-state index contributed by atoms with van der Waals surface area (Å²) in [4.78, 5) is 14.2. The van der Waals surface area contributed by atoms with Crippen LogP contribution in [0.15, 0.2) is 24.3 Å². The van der Waals surface area contributed by atoms with Crippen LogP contribution < -0.4 is 10.2 Å². The quantitative estimate of drug-likeness (QED) is 0.873. The van der Waals surface area contributed by atoms with Crippen molar-refractivity contribution < 1.29 is 9.90 Å². The van der Waals surface area contributed by atoms with Gasteiger partial charge in [-0.05, 0) is 57.2 Å². The van der Waals surface area contributed by atoms with Gasteiger partial charge in [0.05, 0.1) is 0 Å². The van der Waals surface area contributed by atoms with E-state index in [-0.39, 0.29) is 5.92 Å². The molecule has 2 N–H and O–H groups in total. The first kappa shape index (κ1) is 14.4. The standard InChI is InChI=1S/C17H24N2O2/c1-12-7-8-13-5-3-4-6-15(13)19(12)11-17(18-2,16(20)21)14-9-10-14/h3-6,12,14,18H,7-11H2,1-2H3,(H,20,21). The molecule has 1 aromatic carbocycles. The molecule has 2 unspecified atom stereocenters. The van der Waals surface area contributed by atoms with E-state index in [4.69, 9.17) is 0 Å². The largest absolute Gasteiger partial charge is 0.480 e. The van der Waals surface area contributed by atoms with Gasteiger partial charge in [-0.25, -0.2) is 0 Å². The second kappa shape index (κ2) is 5.34. The number of para-hydroxylation sites is 1. The molecule has 1 heterocycles. The topological polar surface area (TPSA) is 52.6 Å². The lowest BCUT2D eigenvalue weighted by molar-refractivity contribution is -0.145. The van der Waals surface area contributed by atoms with Crippen LogP contribution in [0.4, 0.5) is 5.69 Å². The molecular formula is C17H24N2O2. The van der Waals surface area contributed by atoms with Gasteiger partial charge < -0.3 is 15.3 Å². The summed E-state index contributed by atoms with van der Waals surface area (Å²) in [7, 11) is 1.78. The molecular weight excluding hydrogens is 264 g/mol. The molecule has 0 saturated heterocycles. The van der Waals surface area contributed by atoms with Gasteiger partial charge in [-0.2, -0.15) is 0 Å². The minimum Gasteiger partial charge on any atom is -0.480 e. The smallest absolute Gasteiger partial charge is 0.326 e. The number of carboxylic acid groups (broad SMARTS) is 1. The molecule has 1 saturated carbocycles. The van der Waals surface area contributed by atoms with E-state index in [9.17, 15) is 9.90 Å². The second-order valence-electron chi connectivity index (χ2n) is 6.45. The van der Waals surface area contributed by atoms with Gasteiger partial charge in [-0.15, -0.1) is 0 Å². The van der Waals surface area contributed by atoms with E-state index in [1.165, 1.54) is 11.3 Å². The van der Waals surface area contributed by atoms with Gasteiger partial charge >= 0.3 is 5.97 Å². The number of carboxylic acids is 1. The van der Waals surface area contributed by atoms with Gasteiger partial charge in [0.25, 0.3) is 0 Å². The highest BCUT2D eigenvalue weighted by Gasteiger charge is 2.52. The van der Waals surface area contributed by atoms with Crippen molar-refractivity contribution in [3.05, 3.63) is 29.8 Å². The van der Waals surface area contributed by atoms with Gasteiger partial charge in [-0.3, -0.25) is 4.79 Å². The molecule has 2 atom stereocenters. The van der Waals surface area contributed by atoms with E-state index in [1.54, 1.807) is 7.05 Å². The molecule has 1 fully saturated rings. The number of anilines is 1. The monoisotopic (exact) mass is 288 g/mol. The Kier molecular flexibility index (Phi) is 3.66. The van der Waals surface area contributed by atoms with Crippen LogP contribution in [0.25, 0.3) is 0 Å². The number of nitrogens with zero attached hydrogens (tertiary/aromatic N) is 1. The van der Waals surface area contributed by atoms with Crippen molar-refractivity contribution in [2.24, 2.45) is 5.92 Å². The van der Waals surface area contributed by atoms with Crippen LogP contribution in [-0.4, -0.2) is 36.2 Å². The highest BCUT2D eigenvalue weighted by atomic mass is 16.4. The van der Waals surface area contributed by atoms with Crippen molar-refractivity contribution in [2.45, 2.75) is 44.2 Å². The summed E-state index contributed by atoms with van der Waals surface area (Å²) in [6.45, 7) is 2.74. The maximum atomic E-state index is 11.9. The number of nitrogens with one attached hydrogen (secondary N) is 1. The number of hydrogen-bond acceptors (Lipinski definition) is 3. The number of aryl methyl sites for hydroxylation is 1. The van der Waals surface area contributed by atoms with Crippen LogP contribution in [0.1, 0.15) is 31.7 Å². The number of benzene rings is 1. The third-order valence-corrected chi connectivity index (χ3v) is 5.19. The Morgan fingerprint density at radius 1 is 1.38 bits per heavy atom. The average Bonchev–Trinajstić information content (AvgIpc) is 3.31. The van der Waals surface area contributed by atoms with Gasteiger partial charge in [-0.1, -0.05) is 18.2 Å². The molecule has 1 aromatic rings. The molecule has 0 amide bonds. The van der Waals surface area contributed by atoms with E-state index in [0.29, 0.717) is 12.6 Å². The SMILES string of the molecule is CNC(CN1c2ccccc2CCC1C)(C(=O)O)C1CC1. The summed E-state index contributed by atoms with van der Waals surface area (Å²) in [5.74, 6) is -0.468. The van der Waals surface area contributed by atoms with E-state index >= 15 is 0 Å². The van der Waals surface area contributed by atoms with Crippen molar-refractivity contribution in [1.29, 1.82) is 0 Å². The Hall–Kier alpha value is -1.55.